The molecule has 0 aromatic carbocycles. The first-order valence-corrected chi connectivity index (χ1v) is 6.11. The van der Waals surface area contributed by atoms with Gasteiger partial charge in [0.25, 0.3) is 0 Å². The van der Waals surface area contributed by atoms with Crippen LogP contribution in [0.2, 0.25) is 0 Å². The second-order valence-corrected chi connectivity index (χ2v) is 5.47. The molecule has 0 fully saturated rings. The van der Waals surface area contributed by atoms with Crippen molar-refractivity contribution in [1.82, 2.24) is 0 Å². The van der Waals surface area contributed by atoms with E-state index in [1.165, 1.54) is 11.3 Å². The van der Waals surface area contributed by atoms with Crippen LogP contribution in [0.25, 0.3) is 0 Å². The van der Waals surface area contributed by atoms with Gasteiger partial charge in [-0.15, -0.1) is 24.0 Å². The molecule has 0 radical (unpaired) electrons. The van der Waals surface area contributed by atoms with Crippen LogP contribution in [-0.4, -0.2) is 11.2 Å². The Morgan fingerprint density at radius 3 is 2.80 bits per heavy atom. The number of carbonyl (C=O) groups is 1. The van der Waals surface area contributed by atoms with Crippen LogP contribution in [-0.2, 0) is 6.42 Å². The van der Waals surface area contributed by atoms with Crippen LogP contribution >= 0.6 is 36.2 Å². The van der Waals surface area contributed by atoms with Crippen LogP contribution in [0, 0.1) is 0 Å². The van der Waals surface area contributed by atoms with E-state index < -0.39 is 0 Å². The average molecular weight is 255 g/mol. The summed E-state index contributed by atoms with van der Waals surface area (Å²) in [6.07, 6.45) is 4.07. The Kier molecular flexibility index (Phi) is 2.95. The molecule has 2 rings (SSSR count). The molecule has 78 valence electrons. The van der Waals surface area contributed by atoms with Crippen molar-refractivity contribution in [2.24, 2.45) is 5.73 Å². The van der Waals surface area contributed by atoms with E-state index in [1.807, 2.05) is 0 Å². The van der Waals surface area contributed by atoms with Gasteiger partial charge < -0.3 is 5.73 Å². The highest BCUT2D eigenvalue weighted by molar-refractivity contribution is 7.84. The first-order valence-electron chi connectivity index (χ1n) is 4.44. The van der Waals surface area contributed by atoms with Crippen LogP contribution in [0.5, 0.6) is 0 Å². The molecule has 0 aliphatic heterocycles. The molecular formula is C10H9NOS3. The highest BCUT2D eigenvalue weighted by atomic mass is 32.2. The number of thiophene rings is 1. The molecule has 1 aliphatic carbocycles. The van der Waals surface area contributed by atoms with E-state index in [0.717, 1.165) is 49.8 Å². The normalized spacial score (nSPS) is 17.9. The topological polar surface area (TPSA) is 43.1 Å². The number of allylic oxidation sites excluding steroid dienone is 1. The van der Waals surface area contributed by atoms with Crippen molar-refractivity contribution < 1.29 is 4.79 Å². The maximum atomic E-state index is 10.8. The van der Waals surface area contributed by atoms with E-state index in [0.29, 0.717) is 0 Å². The molecule has 1 heterocycles. The van der Waals surface area contributed by atoms with Gasteiger partial charge in [-0.2, -0.15) is 0 Å². The van der Waals surface area contributed by atoms with Crippen LogP contribution in [0.3, 0.4) is 0 Å². The number of nitrogens with two attached hydrogens (primary N) is 1. The molecule has 0 saturated carbocycles. The van der Waals surface area contributed by atoms with E-state index in [-0.39, 0.29) is 0 Å². The number of aldehydes is 1. The number of rotatable bonds is 1. The fraction of sp³-hybridized carbons (Fsp3) is 0.200. The van der Waals surface area contributed by atoms with Crippen molar-refractivity contribution in [3.63, 3.8) is 0 Å². The fourth-order valence-corrected chi connectivity index (χ4v) is 3.73. The summed E-state index contributed by atoms with van der Waals surface area (Å²) in [6, 6.07) is 0. The van der Waals surface area contributed by atoms with Gasteiger partial charge in [-0.3, -0.25) is 4.79 Å². The van der Waals surface area contributed by atoms with Crippen LogP contribution < -0.4 is 5.73 Å². The molecule has 1 aromatic heterocycles. The number of fused-ring (bicyclic) bond motifs is 1. The number of hydrogen-bond donors (Lipinski definition) is 2. The Labute approximate surface area is 103 Å². The third kappa shape index (κ3) is 1.64. The zero-order valence-electron chi connectivity index (χ0n) is 7.82. The first-order chi connectivity index (χ1) is 7.19. The predicted molar refractivity (Wildman–Crippen MR) is 69.2 cm³/mol. The number of hydrogen-bond acceptors (Lipinski definition) is 5. The molecule has 0 atom stereocenters. The lowest BCUT2D eigenvalue weighted by atomic mass is 9.90. The molecule has 15 heavy (non-hydrogen) atoms. The Morgan fingerprint density at radius 2 is 2.20 bits per heavy atom. The fourth-order valence-electron chi connectivity index (χ4n) is 1.74. The summed E-state index contributed by atoms with van der Waals surface area (Å²) in [5.41, 5.74) is 8.45. The van der Waals surface area contributed by atoms with E-state index >= 15 is 0 Å². The van der Waals surface area contributed by atoms with Crippen LogP contribution in [0.4, 0.5) is 0 Å². The monoisotopic (exact) mass is 255 g/mol. The van der Waals surface area contributed by atoms with Gasteiger partial charge in [0, 0.05) is 5.56 Å². The van der Waals surface area contributed by atoms with E-state index in [9.17, 15) is 4.79 Å². The zero-order valence-corrected chi connectivity index (χ0v) is 10.3. The summed E-state index contributed by atoms with van der Waals surface area (Å²) in [5, 5.41) is 0. The Balaban J connectivity index is 2.62. The van der Waals surface area contributed by atoms with Crippen molar-refractivity contribution in [3.05, 3.63) is 27.8 Å². The largest absolute Gasteiger partial charge is 0.404 e. The minimum absolute atomic E-state index is 0.744. The molecular weight excluding hydrogens is 246 g/mol. The van der Waals surface area contributed by atoms with Gasteiger partial charge in [0.15, 0.2) is 6.29 Å². The Hall–Kier alpha value is -0.650. The second-order valence-electron chi connectivity index (χ2n) is 3.26. The standard InChI is InChI=1S/C10H9NOS3/c11-3-5-1-2-6-7(4-12)15-10(14)8(6)9(5)13/h3-4,14H,1-2,11H2. The van der Waals surface area contributed by atoms with Gasteiger partial charge in [0.1, 0.15) is 0 Å². The molecule has 0 spiro atoms. The maximum Gasteiger partial charge on any atom is 0.160 e. The molecule has 1 aliphatic rings. The lowest BCUT2D eigenvalue weighted by Gasteiger charge is -2.16. The van der Waals surface area contributed by atoms with Gasteiger partial charge in [-0.1, -0.05) is 12.2 Å². The molecule has 2 N–H and O–H groups in total. The predicted octanol–water partition coefficient (Wildman–Crippen LogP) is 2.36. The molecule has 0 saturated heterocycles. The van der Waals surface area contributed by atoms with Crippen LogP contribution in [0.15, 0.2) is 16.0 Å². The van der Waals surface area contributed by atoms with Crippen molar-refractivity contribution in [2.45, 2.75) is 17.1 Å². The quantitative estimate of drug-likeness (QED) is 0.350. The molecule has 2 nitrogen and oxygen atoms in total. The Morgan fingerprint density at radius 1 is 1.47 bits per heavy atom. The van der Waals surface area contributed by atoms with Crippen molar-refractivity contribution in [1.29, 1.82) is 0 Å². The van der Waals surface area contributed by atoms with E-state index in [4.69, 9.17) is 18.0 Å². The van der Waals surface area contributed by atoms with Gasteiger partial charge in [0.05, 0.1) is 14.0 Å². The minimum Gasteiger partial charge on any atom is -0.404 e. The van der Waals surface area contributed by atoms with Gasteiger partial charge in [-0.25, -0.2) is 0 Å². The SMILES string of the molecule is NC=C1CCc2c(C=O)sc(S)c2C1=S. The van der Waals surface area contributed by atoms with Crippen molar-refractivity contribution in [2.75, 3.05) is 0 Å². The van der Waals surface area contributed by atoms with Crippen molar-refractivity contribution in [3.8, 4) is 0 Å². The summed E-state index contributed by atoms with van der Waals surface area (Å²) in [4.78, 5) is 12.3. The zero-order chi connectivity index (χ0) is 11.0. The molecule has 1 aromatic rings. The van der Waals surface area contributed by atoms with E-state index in [2.05, 4.69) is 12.6 Å². The second kappa shape index (κ2) is 4.08. The summed E-state index contributed by atoms with van der Waals surface area (Å²) in [6.45, 7) is 0. The highest BCUT2D eigenvalue weighted by Crippen LogP contribution is 2.37. The summed E-state index contributed by atoms with van der Waals surface area (Å²) in [5.74, 6) is 0. The molecule has 0 bridgehead atoms. The Bertz CT molecular complexity index is 473. The maximum absolute atomic E-state index is 10.8. The highest BCUT2D eigenvalue weighted by Gasteiger charge is 2.25. The first kappa shape index (κ1) is 10.9. The third-order valence-corrected chi connectivity index (χ3v) is 4.41. The van der Waals surface area contributed by atoms with Crippen LogP contribution in [0.1, 0.15) is 27.2 Å². The van der Waals surface area contributed by atoms with Gasteiger partial charge >= 0.3 is 0 Å². The van der Waals surface area contributed by atoms with E-state index in [1.54, 1.807) is 6.20 Å². The average Bonchev–Trinajstić information content (AvgIpc) is 2.56. The number of carbonyl (C=O) groups excluding carboxylic acids is 1. The number of thiol groups is 1. The van der Waals surface area contributed by atoms with Gasteiger partial charge in [-0.05, 0) is 30.2 Å². The number of thiocarbonyl (C=S) groups is 1. The lowest BCUT2D eigenvalue weighted by Crippen LogP contribution is -2.14. The summed E-state index contributed by atoms with van der Waals surface area (Å²) < 4.78 is 0.816. The summed E-state index contributed by atoms with van der Waals surface area (Å²) in [7, 11) is 0. The van der Waals surface area contributed by atoms with Crippen molar-refractivity contribution >= 4 is 47.3 Å². The summed E-state index contributed by atoms with van der Waals surface area (Å²) >= 11 is 11.1. The smallest absolute Gasteiger partial charge is 0.160 e. The van der Waals surface area contributed by atoms with Gasteiger partial charge in [0.2, 0.25) is 0 Å². The minimum atomic E-state index is 0.744. The molecule has 5 heteroatoms. The lowest BCUT2D eigenvalue weighted by molar-refractivity contribution is 0.112. The third-order valence-electron chi connectivity index (χ3n) is 2.49. The molecule has 0 amide bonds. The molecule has 0 unspecified atom stereocenters.